The van der Waals surface area contributed by atoms with Crippen molar-refractivity contribution in [2.75, 3.05) is 6.54 Å². The van der Waals surface area contributed by atoms with E-state index in [2.05, 4.69) is 24.5 Å². The Morgan fingerprint density at radius 1 is 0.974 bits per heavy atom. The number of fused-ring (bicyclic) bond motifs is 3. The Balaban J connectivity index is 1.86. The zero-order valence-electron chi connectivity index (χ0n) is 23.6. The largest absolute Gasteiger partial charge is 0.444 e. The average molecular weight is 535 g/mol. The van der Waals surface area contributed by atoms with Crippen LogP contribution in [0.4, 0.5) is 4.79 Å². The third kappa shape index (κ3) is 7.26. The molecule has 0 aromatic heterocycles. The molecule has 2 heterocycles. The van der Waals surface area contributed by atoms with E-state index in [0.717, 1.165) is 44.9 Å². The molecule has 10 heteroatoms. The number of carbonyl (C=O) groups is 5. The molecule has 38 heavy (non-hydrogen) atoms. The fourth-order valence-electron chi connectivity index (χ4n) is 6.18. The van der Waals surface area contributed by atoms with Crippen LogP contribution in [0.5, 0.6) is 0 Å². The quantitative estimate of drug-likeness (QED) is 0.474. The van der Waals surface area contributed by atoms with Gasteiger partial charge in [-0.05, 0) is 50.9 Å². The van der Waals surface area contributed by atoms with E-state index in [1.807, 2.05) is 0 Å². The molecule has 10 nitrogen and oxygen atoms in total. The summed E-state index contributed by atoms with van der Waals surface area (Å²) < 4.78 is 5.42. The fraction of sp³-hybridized carbons (Fsp3) is 0.821. The summed E-state index contributed by atoms with van der Waals surface area (Å²) >= 11 is 0. The Bertz CT molecular complexity index is 927. The summed E-state index contributed by atoms with van der Waals surface area (Å²) in [5, 5.41) is 5.53. The maximum absolute atomic E-state index is 13.9. The normalized spacial score (nSPS) is 30.8. The molecule has 2 saturated heterocycles. The number of piperidine rings is 1. The first-order chi connectivity index (χ1) is 17.7. The number of nitrogens with one attached hydrogen (secondary N) is 2. The number of carbonyl (C=O) groups excluding carboxylic acids is 5. The van der Waals surface area contributed by atoms with Crippen molar-refractivity contribution in [2.45, 2.75) is 123 Å². The monoisotopic (exact) mass is 534 g/mol. The van der Waals surface area contributed by atoms with Crippen molar-refractivity contribution < 1.29 is 28.7 Å². The molecule has 4 amide bonds. The van der Waals surface area contributed by atoms with Crippen LogP contribution in [0, 0.1) is 17.3 Å². The van der Waals surface area contributed by atoms with Gasteiger partial charge < -0.3 is 26.0 Å². The summed E-state index contributed by atoms with van der Waals surface area (Å²) in [5.41, 5.74) is 4.44. The van der Waals surface area contributed by atoms with Gasteiger partial charge in [0, 0.05) is 6.54 Å². The molecule has 0 unspecified atom stereocenters. The number of ketones is 1. The number of hydrogen-bond donors (Lipinski definition) is 3. The number of Topliss-reactive ketones (excluding diaryl/α,β-unsaturated/α-hetero) is 1. The van der Waals surface area contributed by atoms with Gasteiger partial charge in [-0.15, -0.1) is 0 Å². The zero-order chi connectivity index (χ0) is 28.3. The molecule has 2 aliphatic heterocycles. The Morgan fingerprint density at radius 2 is 1.53 bits per heavy atom. The lowest BCUT2D eigenvalue weighted by Gasteiger charge is -2.34. The predicted molar refractivity (Wildman–Crippen MR) is 142 cm³/mol. The molecule has 4 N–H and O–H groups in total. The highest BCUT2D eigenvalue weighted by Gasteiger charge is 2.69. The second kappa shape index (κ2) is 12.0. The van der Waals surface area contributed by atoms with Crippen molar-refractivity contribution in [1.29, 1.82) is 0 Å². The van der Waals surface area contributed by atoms with E-state index in [1.54, 1.807) is 25.7 Å². The van der Waals surface area contributed by atoms with Crippen molar-refractivity contribution in [3.63, 3.8) is 0 Å². The molecular weight excluding hydrogens is 488 g/mol. The minimum absolute atomic E-state index is 0.0694. The van der Waals surface area contributed by atoms with E-state index in [-0.39, 0.29) is 23.2 Å². The van der Waals surface area contributed by atoms with Crippen LogP contribution >= 0.6 is 0 Å². The van der Waals surface area contributed by atoms with Gasteiger partial charge in [-0.3, -0.25) is 19.2 Å². The number of rotatable bonds is 3. The maximum Gasteiger partial charge on any atom is 0.408 e. The predicted octanol–water partition coefficient (Wildman–Crippen LogP) is 2.82. The van der Waals surface area contributed by atoms with Crippen molar-refractivity contribution in [3.05, 3.63) is 0 Å². The highest BCUT2D eigenvalue weighted by atomic mass is 16.6. The van der Waals surface area contributed by atoms with Crippen LogP contribution in [-0.4, -0.2) is 64.8 Å². The Kier molecular flexibility index (Phi) is 9.47. The summed E-state index contributed by atoms with van der Waals surface area (Å²) in [6.45, 7) is 9.82. The molecule has 0 aromatic carbocycles. The SMILES string of the molecule is CC(C)(C)OC(=O)N[C@H]1CCCCCCCCCC[C@@H](C(=O)C(N)=O)NC(=O)[C@@H]2[C@@H]3[C@H](CN2C1=O)C3(C)C. The molecule has 1 aliphatic carbocycles. The lowest BCUT2D eigenvalue weighted by atomic mass is 9.97. The topological polar surface area (TPSA) is 148 Å². The molecule has 0 radical (unpaired) electrons. The van der Waals surface area contributed by atoms with Crippen molar-refractivity contribution in [2.24, 2.45) is 23.0 Å². The van der Waals surface area contributed by atoms with E-state index in [9.17, 15) is 24.0 Å². The molecule has 3 rings (SSSR count). The van der Waals surface area contributed by atoms with Crippen LogP contribution in [0.3, 0.4) is 0 Å². The first kappa shape index (κ1) is 29.9. The Hall–Kier alpha value is -2.65. The van der Waals surface area contributed by atoms with Gasteiger partial charge in [0.1, 0.15) is 17.7 Å². The number of nitrogens with two attached hydrogens (primary N) is 1. The molecule has 3 aliphatic rings. The molecule has 0 bridgehead atoms. The number of alkyl carbamates (subject to hydrolysis) is 1. The standard InChI is InChI=1S/C28H46N4O6/c1-27(2,3)38-26(37)31-19-15-13-11-9-7-6-8-10-12-14-18(22(33)23(29)34)30-24(35)21-20-17(28(20,4)5)16-32(21)25(19)36/h17-21H,6-16H2,1-5H3,(H2,29,34)(H,30,35)(H,31,37)/t17-,18-,19-,20-,21-/m0/s1. The Labute approximate surface area is 226 Å². The van der Waals surface area contributed by atoms with E-state index >= 15 is 0 Å². The Morgan fingerprint density at radius 3 is 2.08 bits per heavy atom. The van der Waals surface area contributed by atoms with Crippen LogP contribution < -0.4 is 16.4 Å². The molecule has 5 atom stereocenters. The number of amides is 4. The molecule has 0 aromatic rings. The van der Waals surface area contributed by atoms with Gasteiger partial charge in [-0.25, -0.2) is 4.79 Å². The minimum atomic E-state index is -1.08. The number of primary amides is 1. The highest BCUT2D eigenvalue weighted by Crippen LogP contribution is 2.65. The van der Waals surface area contributed by atoms with Gasteiger partial charge in [0.05, 0.1) is 6.04 Å². The zero-order valence-corrected chi connectivity index (χ0v) is 23.6. The van der Waals surface area contributed by atoms with Crippen LogP contribution in [0.15, 0.2) is 0 Å². The highest BCUT2D eigenvalue weighted by molar-refractivity contribution is 6.37. The molecule has 1 saturated carbocycles. The van der Waals surface area contributed by atoms with Gasteiger partial charge in [0.2, 0.25) is 17.6 Å². The summed E-state index contributed by atoms with van der Waals surface area (Å²) in [7, 11) is 0. The summed E-state index contributed by atoms with van der Waals surface area (Å²) in [4.78, 5) is 65.9. The third-order valence-electron chi connectivity index (χ3n) is 8.36. The summed E-state index contributed by atoms with van der Waals surface area (Å²) in [5.74, 6) is -2.59. The van der Waals surface area contributed by atoms with Crippen LogP contribution in [0.2, 0.25) is 0 Å². The van der Waals surface area contributed by atoms with Crippen LogP contribution in [-0.2, 0) is 23.9 Å². The van der Waals surface area contributed by atoms with Gasteiger partial charge in [-0.2, -0.15) is 0 Å². The first-order valence-corrected chi connectivity index (χ1v) is 14.2. The van der Waals surface area contributed by atoms with Gasteiger partial charge >= 0.3 is 6.09 Å². The first-order valence-electron chi connectivity index (χ1n) is 14.2. The summed E-state index contributed by atoms with van der Waals surface area (Å²) in [6, 6.07) is -2.62. The van der Waals surface area contributed by atoms with E-state index < -0.39 is 47.4 Å². The van der Waals surface area contributed by atoms with Gasteiger partial charge in [0.25, 0.3) is 5.91 Å². The second-order valence-electron chi connectivity index (χ2n) is 12.8. The van der Waals surface area contributed by atoms with E-state index in [4.69, 9.17) is 10.5 Å². The average Bonchev–Trinajstić information content (AvgIpc) is 3.14. The van der Waals surface area contributed by atoms with E-state index in [0.29, 0.717) is 25.8 Å². The van der Waals surface area contributed by atoms with Gasteiger partial charge in [-0.1, -0.05) is 65.2 Å². The van der Waals surface area contributed by atoms with Crippen LogP contribution in [0.1, 0.15) is 98.8 Å². The fourth-order valence-corrected chi connectivity index (χ4v) is 6.18. The van der Waals surface area contributed by atoms with Crippen molar-refractivity contribution in [3.8, 4) is 0 Å². The molecule has 0 spiro atoms. The smallest absolute Gasteiger partial charge is 0.408 e. The van der Waals surface area contributed by atoms with Gasteiger partial charge in [0.15, 0.2) is 0 Å². The number of ether oxygens (including phenoxy) is 1. The minimum Gasteiger partial charge on any atom is -0.444 e. The molecule has 3 fully saturated rings. The number of nitrogens with zero attached hydrogens (tertiary/aromatic N) is 1. The maximum atomic E-state index is 13.9. The molecule has 214 valence electrons. The second-order valence-corrected chi connectivity index (χ2v) is 12.8. The van der Waals surface area contributed by atoms with Crippen molar-refractivity contribution >= 4 is 29.6 Å². The summed E-state index contributed by atoms with van der Waals surface area (Å²) in [6.07, 6.45) is 7.54. The van der Waals surface area contributed by atoms with E-state index in [1.165, 1.54) is 0 Å². The van der Waals surface area contributed by atoms with Crippen molar-refractivity contribution in [1.82, 2.24) is 15.5 Å². The lowest BCUT2D eigenvalue weighted by molar-refractivity contribution is -0.143. The lowest BCUT2D eigenvalue weighted by Crippen LogP contribution is -2.58. The molecular formula is C28H46N4O6. The van der Waals surface area contributed by atoms with Crippen LogP contribution in [0.25, 0.3) is 0 Å². The number of hydrogen-bond acceptors (Lipinski definition) is 6. The third-order valence-corrected chi connectivity index (χ3v) is 8.36.